The van der Waals surface area contributed by atoms with Gasteiger partial charge < -0.3 is 15.4 Å². The highest BCUT2D eigenvalue weighted by Gasteiger charge is 2.32. The predicted octanol–water partition coefficient (Wildman–Crippen LogP) is 0.354. The Kier molecular flexibility index (Phi) is 5.60. The second-order valence-electron chi connectivity index (χ2n) is 5.71. The summed E-state index contributed by atoms with van der Waals surface area (Å²) in [5, 5.41) is 6.24. The lowest BCUT2D eigenvalue weighted by Crippen LogP contribution is -2.50. The fraction of sp³-hybridized carbons (Fsp3) is 0.929. The van der Waals surface area contributed by atoms with Gasteiger partial charge in [-0.3, -0.25) is 9.69 Å². The highest BCUT2D eigenvalue weighted by molar-refractivity contribution is 5.76. The number of fused-ring (bicyclic) bond motifs is 1. The van der Waals surface area contributed by atoms with Gasteiger partial charge >= 0.3 is 0 Å². The van der Waals surface area contributed by atoms with Gasteiger partial charge in [-0.2, -0.15) is 0 Å². The molecule has 1 amide bonds. The summed E-state index contributed by atoms with van der Waals surface area (Å²) in [7, 11) is 0. The van der Waals surface area contributed by atoms with Crippen LogP contribution >= 0.6 is 0 Å². The van der Waals surface area contributed by atoms with E-state index in [4.69, 9.17) is 4.74 Å². The van der Waals surface area contributed by atoms with Crippen molar-refractivity contribution in [1.82, 2.24) is 15.5 Å². The Hall–Kier alpha value is -0.650. The minimum absolute atomic E-state index is 0.112. The Morgan fingerprint density at radius 2 is 2.37 bits per heavy atom. The maximum Gasteiger partial charge on any atom is 0.221 e. The first-order chi connectivity index (χ1) is 9.19. The highest BCUT2D eigenvalue weighted by Crippen LogP contribution is 2.22. The van der Waals surface area contributed by atoms with Crippen LogP contribution in [-0.4, -0.2) is 61.8 Å². The van der Waals surface area contributed by atoms with E-state index in [0.29, 0.717) is 19.0 Å². The van der Waals surface area contributed by atoms with Gasteiger partial charge in [-0.05, 0) is 32.9 Å². The first-order valence-corrected chi connectivity index (χ1v) is 7.54. The van der Waals surface area contributed by atoms with Crippen molar-refractivity contribution in [1.29, 1.82) is 0 Å². The van der Waals surface area contributed by atoms with Crippen molar-refractivity contribution in [2.24, 2.45) is 0 Å². The zero-order valence-corrected chi connectivity index (χ0v) is 12.2. The van der Waals surface area contributed by atoms with Crippen LogP contribution in [0.25, 0.3) is 0 Å². The number of ether oxygens (including phenoxy) is 1. The molecule has 2 rings (SSSR count). The molecule has 0 saturated carbocycles. The second kappa shape index (κ2) is 7.22. The third-order valence-corrected chi connectivity index (χ3v) is 4.03. The summed E-state index contributed by atoms with van der Waals surface area (Å²) < 4.78 is 5.82. The number of hydrogen-bond donors (Lipinski definition) is 2. The Balaban J connectivity index is 1.63. The second-order valence-corrected chi connectivity index (χ2v) is 5.71. The maximum atomic E-state index is 11.8. The molecule has 0 spiro atoms. The van der Waals surface area contributed by atoms with Crippen LogP contribution in [0.3, 0.4) is 0 Å². The third-order valence-electron chi connectivity index (χ3n) is 4.03. The van der Waals surface area contributed by atoms with Crippen molar-refractivity contribution in [2.75, 3.05) is 32.8 Å². The molecule has 5 heteroatoms. The molecule has 2 aliphatic heterocycles. The van der Waals surface area contributed by atoms with E-state index in [1.54, 1.807) is 0 Å². The lowest BCUT2D eigenvalue weighted by Gasteiger charge is -2.35. The molecule has 2 saturated heterocycles. The Labute approximate surface area is 116 Å². The van der Waals surface area contributed by atoms with Gasteiger partial charge in [-0.25, -0.2) is 0 Å². The highest BCUT2D eigenvalue weighted by atomic mass is 16.5. The SMILES string of the molecule is CCNC(C)CC(=O)NCC1CN2CCCC2CO1. The van der Waals surface area contributed by atoms with Crippen LogP contribution in [0, 0.1) is 0 Å². The van der Waals surface area contributed by atoms with Gasteiger partial charge in [0.05, 0.1) is 12.7 Å². The first kappa shape index (κ1) is 14.8. The Morgan fingerprint density at radius 3 is 3.16 bits per heavy atom. The van der Waals surface area contributed by atoms with Crippen molar-refractivity contribution in [3.63, 3.8) is 0 Å². The molecule has 2 aliphatic rings. The number of rotatable bonds is 6. The van der Waals surface area contributed by atoms with Gasteiger partial charge in [0.1, 0.15) is 0 Å². The molecule has 2 fully saturated rings. The monoisotopic (exact) mass is 269 g/mol. The van der Waals surface area contributed by atoms with Crippen molar-refractivity contribution in [3.8, 4) is 0 Å². The number of morpholine rings is 1. The maximum absolute atomic E-state index is 11.8. The summed E-state index contributed by atoms with van der Waals surface area (Å²) in [6.07, 6.45) is 3.24. The minimum Gasteiger partial charge on any atom is -0.373 e. The summed E-state index contributed by atoms with van der Waals surface area (Å²) in [5.74, 6) is 0.112. The first-order valence-electron chi connectivity index (χ1n) is 7.54. The summed E-state index contributed by atoms with van der Waals surface area (Å²) in [4.78, 5) is 14.3. The van der Waals surface area contributed by atoms with Gasteiger partial charge in [0.25, 0.3) is 0 Å². The molecule has 2 heterocycles. The van der Waals surface area contributed by atoms with Gasteiger partial charge in [0, 0.05) is 31.6 Å². The van der Waals surface area contributed by atoms with Gasteiger partial charge in [-0.1, -0.05) is 6.92 Å². The van der Waals surface area contributed by atoms with E-state index in [9.17, 15) is 4.79 Å². The van der Waals surface area contributed by atoms with E-state index in [2.05, 4.69) is 22.5 Å². The standard InChI is InChI=1S/C14H27N3O2/c1-3-15-11(2)7-14(18)16-8-13-9-17-6-4-5-12(17)10-19-13/h11-13,15H,3-10H2,1-2H3,(H,16,18). The van der Waals surface area contributed by atoms with Crippen LogP contribution in [-0.2, 0) is 9.53 Å². The number of nitrogens with one attached hydrogen (secondary N) is 2. The van der Waals surface area contributed by atoms with Crippen molar-refractivity contribution in [3.05, 3.63) is 0 Å². The van der Waals surface area contributed by atoms with Gasteiger partial charge in [-0.15, -0.1) is 0 Å². The molecule has 19 heavy (non-hydrogen) atoms. The van der Waals surface area contributed by atoms with E-state index in [1.807, 2.05) is 6.92 Å². The number of carbonyl (C=O) groups is 1. The molecule has 2 N–H and O–H groups in total. The van der Waals surface area contributed by atoms with Crippen LogP contribution in [0.2, 0.25) is 0 Å². The predicted molar refractivity (Wildman–Crippen MR) is 75.1 cm³/mol. The topological polar surface area (TPSA) is 53.6 Å². The molecule has 0 aliphatic carbocycles. The van der Waals surface area contributed by atoms with Gasteiger partial charge in [0.15, 0.2) is 0 Å². The molecule has 0 radical (unpaired) electrons. The molecule has 110 valence electrons. The van der Waals surface area contributed by atoms with Crippen molar-refractivity contribution < 1.29 is 9.53 Å². The van der Waals surface area contributed by atoms with Crippen LogP contribution in [0.4, 0.5) is 0 Å². The molecular formula is C14H27N3O2. The van der Waals surface area contributed by atoms with Crippen LogP contribution in [0.5, 0.6) is 0 Å². The zero-order chi connectivity index (χ0) is 13.7. The summed E-state index contributed by atoms with van der Waals surface area (Å²) in [6.45, 7) is 8.61. The van der Waals surface area contributed by atoms with E-state index in [0.717, 1.165) is 19.7 Å². The van der Waals surface area contributed by atoms with E-state index in [-0.39, 0.29) is 18.1 Å². The Morgan fingerprint density at radius 1 is 1.53 bits per heavy atom. The zero-order valence-electron chi connectivity index (χ0n) is 12.2. The molecule has 0 aromatic heterocycles. The fourth-order valence-corrected chi connectivity index (χ4v) is 3.01. The van der Waals surface area contributed by atoms with E-state index >= 15 is 0 Å². The summed E-state index contributed by atoms with van der Waals surface area (Å²) in [5.41, 5.74) is 0. The fourth-order valence-electron chi connectivity index (χ4n) is 3.01. The van der Waals surface area contributed by atoms with Crippen molar-refractivity contribution in [2.45, 2.75) is 51.3 Å². The summed E-state index contributed by atoms with van der Waals surface area (Å²) >= 11 is 0. The van der Waals surface area contributed by atoms with Crippen molar-refractivity contribution >= 4 is 5.91 Å². The van der Waals surface area contributed by atoms with E-state index < -0.39 is 0 Å². The molecule has 0 aromatic carbocycles. The van der Waals surface area contributed by atoms with Crippen LogP contribution in [0.15, 0.2) is 0 Å². The number of nitrogens with zero attached hydrogens (tertiary/aromatic N) is 1. The molecule has 3 atom stereocenters. The normalized spacial score (nSPS) is 28.9. The quantitative estimate of drug-likeness (QED) is 0.731. The average molecular weight is 269 g/mol. The van der Waals surface area contributed by atoms with Crippen LogP contribution < -0.4 is 10.6 Å². The average Bonchev–Trinajstić information content (AvgIpc) is 2.83. The lowest BCUT2D eigenvalue weighted by molar-refractivity contribution is -0.123. The smallest absolute Gasteiger partial charge is 0.221 e. The number of amides is 1. The number of carbonyl (C=O) groups excluding carboxylic acids is 1. The number of hydrogen-bond acceptors (Lipinski definition) is 4. The minimum atomic E-state index is 0.112. The van der Waals surface area contributed by atoms with Gasteiger partial charge in [0.2, 0.25) is 5.91 Å². The lowest BCUT2D eigenvalue weighted by atomic mass is 10.2. The molecular weight excluding hydrogens is 242 g/mol. The third kappa shape index (κ3) is 4.44. The van der Waals surface area contributed by atoms with Crippen LogP contribution in [0.1, 0.15) is 33.1 Å². The molecule has 0 bridgehead atoms. The molecule has 5 nitrogen and oxygen atoms in total. The molecule has 3 unspecified atom stereocenters. The molecule has 0 aromatic rings. The largest absolute Gasteiger partial charge is 0.373 e. The van der Waals surface area contributed by atoms with E-state index in [1.165, 1.54) is 19.4 Å². The Bertz CT molecular complexity index is 298. The summed E-state index contributed by atoms with van der Waals surface area (Å²) in [6, 6.07) is 0.862.